The van der Waals surface area contributed by atoms with Crippen molar-refractivity contribution in [1.82, 2.24) is 0 Å². The standard InChI is InChI=1S/C11H12ClNO6S/c1-19-11(16)8-6-7(12)2-3-9(8)13-20(17,18)5-4-10(14)15/h2-3,6,13H,4-5H2,1H3,(H,14,15). The number of hydrogen-bond acceptors (Lipinski definition) is 5. The Morgan fingerprint density at radius 1 is 1.40 bits per heavy atom. The van der Waals surface area contributed by atoms with E-state index in [9.17, 15) is 18.0 Å². The number of rotatable bonds is 6. The number of hydrogen-bond donors (Lipinski definition) is 2. The van der Waals surface area contributed by atoms with Crippen molar-refractivity contribution >= 4 is 39.3 Å². The number of carbonyl (C=O) groups is 2. The number of methoxy groups -OCH3 is 1. The average Bonchev–Trinajstić information content (AvgIpc) is 2.37. The van der Waals surface area contributed by atoms with Gasteiger partial charge in [0.1, 0.15) is 0 Å². The summed E-state index contributed by atoms with van der Waals surface area (Å²) in [5, 5.41) is 8.71. The van der Waals surface area contributed by atoms with Gasteiger partial charge in [-0.3, -0.25) is 9.52 Å². The Morgan fingerprint density at radius 2 is 2.05 bits per heavy atom. The number of nitrogens with one attached hydrogen (secondary N) is 1. The topological polar surface area (TPSA) is 110 Å². The monoisotopic (exact) mass is 321 g/mol. The minimum atomic E-state index is -3.89. The van der Waals surface area contributed by atoms with E-state index < -0.39 is 34.1 Å². The maximum Gasteiger partial charge on any atom is 0.340 e. The fourth-order valence-electron chi connectivity index (χ4n) is 1.32. The number of halogens is 1. The van der Waals surface area contributed by atoms with Crippen LogP contribution >= 0.6 is 11.6 Å². The molecule has 0 heterocycles. The minimum Gasteiger partial charge on any atom is -0.481 e. The van der Waals surface area contributed by atoms with Crippen molar-refractivity contribution in [3.05, 3.63) is 28.8 Å². The third-order valence-corrected chi connectivity index (χ3v) is 3.74. The molecule has 20 heavy (non-hydrogen) atoms. The van der Waals surface area contributed by atoms with Gasteiger partial charge in [-0.25, -0.2) is 13.2 Å². The first-order valence-corrected chi connectivity index (χ1v) is 7.38. The number of esters is 1. The fourth-order valence-corrected chi connectivity index (χ4v) is 2.56. The van der Waals surface area contributed by atoms with E-state index in [2.05, 4.69) is 9.46 Å². The second kappa shape index (κ2) is 6.58. The molecule has 0 spiro atoms. The Hall–Kier alpha value is -1.80. The number of carboxylic acid groups (broad SMARTS) is 1. The molecule has 0 aliphatic rings. The average molecular weight is 322 g/mol. The molecule has 1 aromatic rings. The molecule has 9 heteroatoms. The van der Waals surface area contributed by atoms with Gasteiger partial charge in [0.25, 0.3) is 0 Å². The number of benzene rings is 1. The van der Waals surface area contributed by atoms with Crippen LogP contribution in [0.15, 0.2) is 18.2 Å². The lowest BCUT2D eigenvalue weighted by molar-refractivity contribution is -0.136. The third-order valence-electron chi connectivity index (χ3n) is 2.24. The summed E-state index contributed by atoms with van der Waals surface area (Å²) in [4.78, 5) is 21.9. The number of anilines is 1. The van der Waals surface area contributed by atoms with Gasteiger partial charge in [0.2, 0.25) is 10.0 Å². The SMILES string of the molecule is COC(=O)c1cc(Cl)ccc1NS(=O)(=O)CCC(=O)O. The molecular weight excluding hydrogens is 310 g/mol. The second-order valence-electron chi connectivity index (χ2n) is 3.75. The number of ether oxygens (including phenoxy) is 1. The molecule has 0 radical (unpaired) electrons. The Kier molecular flexibility index (Phi) is 5.34. The molecule has 2 N–H and O–H groups in total. The lowest BCUT2D eigenvalue weighted by Crippen LogP contribution is -2.20. The van der Waals surface area contributed by atoms with Crippen LogP contribution in [0, 0.1) is 0 Å². The van der Waals surface area contributed by atoms with Crippen LogP contribution in [0.3, 0.4) is 0 Å². The maximum atomic E-state index is 11.7. The van der Waals surface area contributed by atoms with E-state index in [1.807, 2.05) is 0 Å². The van der Waals surface area contributed by atoms with Crippen molar-refractivity contribution in [3.63, 3.8) is 0 Å². The molecule has 0 aliphatic carbocycles. The molecule has 0 saturated heterocycles. The molecule has 7 nitrogen and oxygen atoms in total. The molecule has 1 aromatic carbocycles. The van der Waals surface area contributed by atoms with Gasteiger partial charge in [-0.15, -0.1) is 0 Å². The van der Waals surface area contributed by atoms with Crippen LogP contribution in [-0.2, 0) is 19.6 Å². The van der Waals surface area contributed by atoms with E-state index in [4.69, 9.17) is 16.7 Å². The summed E-state index contributed by atoms with van der Waals surface area (Å²) in [6, 6.07) is 3.94. The Balaban J connectivity index is 3.03. The number of carbonyl (C=O) groups excluding carboxylic acids is 1. The van der Waals surface area contributed by atoms with E-state index in [1.165, 1.54) is 18.2 Å². The lowest BCUT2D eigenvalue weighted by atomic mass is 10.2. The molecule has 0 aromatic heterocycles. The maximum absolute atomic E-state index is 11.7. The Bertz CT molecular complexity index is 628. The van der Waals surface area contributed by atoms with Gasteiger partial charge in [0.15, 0.2) is 0 Å². The molecule has 0 saturated carbocycles. The van der Waals surface area contributed by atoms with Crippen molar-refractivity contribution in [2.45, 2.75) is 6.42 Å². The molecule has 0 bridgehead atoms. The van der Waals surface area contributed by atoms with Crippen molar-refractivity contribution in [3.8, 4) is 0 Å². The van der Waals surface area contributed by atoms with E-state index in [-0.39, 0.29) is 16.3 Å². The van der Waals surface area contributed by atoms with Crippen molar-refractivity contribution in [2.75, 3.05) is 17.6 Å². The first kappa shape index (κ1) is 16.3. The molecule has 0 amide bonds. The lowest BCUT2D eigenvalue weighted by Gasteiger charge is -2.11. The first-order chi connectivity index (χ1) is 9.25. The van der Waals surface area contributed by atoms with Gasteiger partial charge in [0.05, 0.1) is 30.5 Å². The van der Waals surface area contributed by atoms with Crippen LogP contribution in [0.25, 0.3) is 0 Å². The van der Waals surface area contributed by atoms with E-state index >= 15 is 0 Å². The van der Waals surface area contributed by atoms with Gasteiger partial charge in [-0.1, -0.05) is 11.6 Å². The fraction of sp³-hybridized carbons (Fsp3) is 0.273. The van der Waals surface area contributed by atoms with Crippen LogP contribution in [0.4, 0.5) is 5.69 Å². The predicted octanol–water partition coefficient (Wildman–Crippen LogP) is 1.34. The zero-order valence-corrected chi connectivity index (χ0v) is 12.0. The van der Waals surface area contributed by atoms with Gasteiger partial charge < -0.3 is 9.84 Å². The summed E-state index contributed by atoms with van der Waals surface area (Å²) in [5.74, 6) is -2.60. The van der Waals surface area contributed by atoms with E-state index in [0.717, 1.165) is 7.11 Å². The van der Waals surface area contributed by atoms with Gasteiger partial charge in [-0.2, -0.15) is 0 Å². The summed E-state index contributed by atoms with van der Waals surface area (Å²) in [6.45, 7) is 0. The summed E-state index contributed by atoms with van der Waals surface area (Å²) in [6.07, 6.45) is -0.545. The highest BCUT2D eigenvalue weighted by Crippen LogP contribution is 2.22. The molecule has 0 atom stereocenters. The highest BCUT2D eigenvalue weighted by molar-refractivity contribution is 7.92. The van der Waals surface area contributed by atoms with Crippen molar-refractivity contribution in [2.24, 2.45) is 0 Å². The molecular formula is C11H12ClNO6S. The van der Waals surface area contributed by atoms with Gasteiger partial charge in [-0.05, 0) is 18.2 Å². The number of aliphatic carboxylic acids is 1. The normalized spacial score (nSPS) is 10.9. The highest BCUT2D eigenvalue weighted by atomic mass is 35.5. The predicted molar refractivity (Wildman–Crippen MR) is 72.5 cm³/mol. The molecule has 0 unspecified atom stereocenters. The van der Waals surface area contributed by atoms with Crippen molar-refractivity contribution in [1.29, 1.82) is 0 Å². The molecule has 1 rings (SSSR count). The highest BCUT2D eigenvalue weighted by Gasteiger charge is 2.18. The Labute approximate surface area is 120 Å². The summed E-state index contributed by atoms with van der Waals surface area (Å²) in [5.41, 5.74) is -0.0782. The van der Waals surface area contributed by atoms with Crippen molar-refractivity contribution < 1.29 is 27.9 Å². The molecule has 0 aliphatic heterocycles. The minimum absolute atomic E-state index is 0.0216. The summed E-state index contributed by atoms with van der Waals surface area (Å²) >= 11 is 5.73. The van der Waals surface area contributed by atoms with E-state index in [0.29, 0.717) is 0 Å². The smallest absolute Gasteiger partial charge is 0.340 e. The van der Waals surface area contributed by atoms with Crippen LogP contribution < -0.4 is 4.72 Å². The van der Waals surface area contributed by atoms with Crippen LogP contribution in [-0.4, -0.2) is 38.3 Å². The first-order valence-electron chi connectivity index (χ1n) is 5.35. The van der Waals surface area contributed by atoms with Gasteiger partial charge in [0, 0.05) is 5.02 Å². The van der Waals surface area contributed by atoms with Crippen LogP contribution in [0.5, 0.6) is 0 Å². The zero-order chi connectivity index (χ0) is 15.3. The molecule has 0 fully saturated rings. The second-order valence-corrected chi connectivity index (χ2v) is 6.02. The van der Waals surface area contributed by atoms with Gasteiger partial charge >= 0.3 is 11.9 Å². The van der Waals surface area contributed by atoms with E-state index in [1.54, 1.807) is 0 Å². The molecule has 110 valence electrons. The third kappa shape index (κ3) is 4.71. The Morgan fingerprint density at radius 3 is 2.60 bits per heavy atom. The van der Waals surface area contributed by atoms with Crippen LogP contribution in [0.1, 0.15) is 16.8 Å². The zero-order valence-electron chi connectivity index (χ0n) is 10.4. The van der Waals surface area contributed by atoms with Crippen LogP contribution in [0.2, 0.25) is 5.02 Å². The quantitative estimate of drug-likeness (QED) is 0.765. The summed E-state index contributed by atoms with van der Waals surface area (Å²) < 4.78 is 30.0. The summed E-state index contributed by atoms with van der Waals surface area (Å²) in [7, 11) is -2.74. The number of carboxylic acids is 1. The number of sulfonamides is 1. The largest absolute Gasteiger partial charge is 0.481 e.